The Morgan fingerprint density at radius 1 is 1.06 bits per heavy atom. The third-order valence-electron chi connectivity index (χ3n) is 2.47. The molecule has 1 nitrogen and oxygen atoms in total. The molecule has 0 radical (unpaired) electrons. The molecule has 0 saturated heterocycles. The van der Waals surface area contributed by atoms with Crippen molar-refractivity contribution in [2.24, 2.45) is 0 Å². The van der Waals surface area contributed by atoms with Gasteiger partial charge >= 0.3 is 0 Å². The molecule has 0 aliphatic rings. The van der Waals surface area contributed by atoms with E-state index < -0.39 is 0 Å². The van der Waals surface area contributed by atoms with Crippen molar-refractivity contribution in [3.8, 4) is 0 Å². The Balaban J connectivity index is 1.96. The number of rotatable bonds is 2. The summed E-state index contributed by atoms with van der Waals surface area (Å²) in [6.45, 7) is 2.11. The van der Waals surface area contributed by atoms with E-state index in [9.17, 15) is 0 Å². The number of hydrogen-bond donors (Lipinski definition) is 0. The van der Waals surface area contributed by atoms with Crippen molar-refractivity contribution in [2.75, 3.05) is 0 Å². The third kappa shape index (κ3) is 2.35. The summed E-state index contributed by atoms with van der Waals surface area (Å²) in [5, 5.41) is 0. The molecule has 84 valence electrons. The van der Waals surface area contributed by atoms with Gasteiger partial charge in [0.15, 0.2) is 4.34 Å². The van der Waals surface area contributed by atoms with Crippen LogP contribution in [0.5, 0.6) is 0 Å². The summed E-state index contributed by atoms with van der Waals surface area (Å²) in [6.07, 6.45) is 0. The third-order valence-corrected chi connectivity index (χ3v) is 4.56. The molecule has 0 atom stereocenters. The van der Waals surface area contributed by atoms with Crippen molar-refractivity contribution in [2.45, 2.75) is 16.2 Å². The summed E-state index contributed by atoms with van der Waals surface area (Å²) in [5.41, 5.74) is 2.39. The molecule has 0 fully saturated rings. The molecule has 3 heteroatoms. The quantitative estimate of drug-likeness (QED) is 0.656. The normalized spacial score (nSPS) is 10.9. The van der Waals surface area contributed by atoms with Gasteiger partial charge in [0.1, 0.15) is 0 Å². The van der Waals surface area contributed by atoms with Gasteiger partial charge in [-0.1, -0.05) is 36.0 Å². The van der Waals surface area contributed by atoms with Gasteiger partial charge in [0.2, 0.25) is 0 Å². The van der Waals surface area contributed by atoms with Gasteiger partial charge in [0.25, 0.3) is 0 Å². The lowest BCUT2D eigenvalue weighted by Gasteiger charge is -1.94. The second-order valence-corrected chi connectivity index (χ2v) is 6.22. The van der Waals surface area contributed by atoms with E-state index in [0.717, 1.165) is 9.86 Å². The average molecular weight is 257 g/mol. The van der Waals surface area contributed by atoms with Crippen LogP contribution in [0.1, 0.15) is 5.56 Å². The SMILES string of the molecule is Cc1ccc2nc(Sc3ccccc3)sc2c1. The fourth-order valence-electron chi connectivity index (χ4n) is 1.64. The molecule has 0 spiro atoms. The van der Waals surface area contributed by atoms with Crippen molar-refractivity contribution < 1.29 is 0 Å². The van der Waals surface area contributed by atoms with Crippen molar-refractivity contribution in [3.63, 3.8) is 0 Å². The molecule has 0 bridgehead atoms. The van der Waals surface area contributed by atoms with E-state index in [1.807, 2.05) is 6.07 Å². The minimum Gasteiger partial charge on any atom is -0.229 e. The maximum Gasteiger partial charge on any atom is 0.155 e. The largest absolute Gasteiger partial charge is 0.229 e. The van der Waals surface area contributed by atoms with Crippen LogP contribution in [0.3, 0.4) is 0 Å². The summed E-state index contributed by atoms with van der Waals surface area (Å²) in [6, 6.07) is 16.8. The molecule has 0 N–H and O–H groups in total. The predicted octanol–water partition coefficient (Wildman–Crippen LogP) is 4.76. The number of aromatic nitrogens is 1. The molecule has 17 heavy (non-hydrogen) atoms. The lowest BCUT2D eigenvalue weighted by molar-refractivity contribution is 1.29. The van der Waals surface area contributed by atoms with Crippen LogP contribution in [0, 0.1) is 6.92 Å². The lowest BCUT2D eigenvalue weighted by Crippen LogP contribution is -1.72. The van der Waals surface area contributed by atoms with E-state index in [1.165, 1.54) is 15.2 Å². The molecule has 2 aromatic carbocycles. The summed E-state index contributed by atoms with van der Waals surface area (Å²) in [4.78, 5) is 5.87. The van der Waals surface area contributed by atoms with Crippen LogP contribution >= 0.6 is 23.1 Å². The summed E-state index contributed by atoms with van der Waals surface area (Å²) in [5.74, 6) is 0. The molecular weight excluding hydrogens is 246 g/mol. The van der Waals surface area contributed by atoms with Gasteiger partial charge in [0, 0.05) is 4.90 Å². The number of thiazole rings is 1. The number of hydrogen-bond acceptors (Lipinski definition) is 3. The summed E-state index contributed by atoms with van der Waals surface area (Å²) in [7, 11) is 0. The number of benzene rings is 2. The van der Waals surface area contributed by atoms with Crippen molar-refractivity contribution in [3.05, 3.63) is 54.1 Å². The van der Waals surface area contributed by atoms with Gasteiger partial charge in [-0.15, -0.1) is 11.3 Å². The van der Waals surface area contributed by atoms with E-state index in [4.69, 9.17) is 0 Å². The van der Waals surface area contributed by atoms with Crippen LogP contribution < -0.4 is 0 Å². The Labute approximate surface area is 109 Å². The van der Waals surface area contributed by atoms with E-state index in [-0.39, 0.29) is 0 Å². The smallest absolute Gasteiger partial charge is 0.155 e. The highest BCUT2D eigenvalue weighted by atomic mass is 32.2. The monoisotopic (exact) mass is 257 g/mol. The Morgan fingerprint density at radius 2 is 1.88 bits per heavy atom. The Morgan fingerprint density at radius 3 is 2.71 bits per heavy atom. The van der Waals surface area contributed by atoms with E-state index in [2.05, 4.69) is 54.4 Å². The molecule has 0 aliphatic heterocycles. The van der Waals surface area contributed by atoms with Crippen LogP contribution in [0.15, 0.2) is 57.8 Å². The fourth-order valence-corrected chi connectivity index (χ4v) is 3.80. The Bertz CT molecular complexity index is 644. The van der Waals surface area contributed by atoms with E-state index in [1.54, 1.807) is 23.1 Å². The van der Waals surface area contributed by atoms with Crippen LogP contribution in [0.25, 0.3) is 10.2 Å². The topological polar surface area (TPSA) is 12.9 Å². The van der Waals surface area contributed by atoms with Crippen molar-refractivity contribution in [1.82, 2.24) is 4.98 Å². The fraction of sp³-hybridized carbons (Fsp3) is 0.0714. The van der Waals surface area contributed by atoms with Gasteiger partial charge in [0.05, 0.1) is 10.2 Å². The maximum atomic E-state index is 4.63. The maximum absolute atomic E-state index is 4.63. The Hall–Kier alpha value is -1.32. The lowest BCUT2D eigenvalue weighted by atomic mass is 10.2. The van der Waals surface area contributed by atoms with Crippen molar-refractivity contribution in [1.29, 1.82) is 0 Å². The molecular formula is C14H11NS2. The van der Waals surface area contributed by atoms with Crippen LogP contribution in [-0.4, -0.2) is 4.98 Å². The molecule has 1 aromatic heterocycles. The standard InChI is InChI=1S/C14H11NS2/c1-10-7-8-12-13(9-10)17-14(15-12)16-11-5-3-2-4-6-11/h2-9H,1H3. The van der Waals surface area contributed by atoms with Crippen LogP contribution in [-0.2, 0) is 0 Å². The van der Waals surface area contributed by atoms with Crippen molar-refractivity contribution >= 4 is 33.3 Å². The van der Waals surface area contributed by atoms with Gasteiger partial charge in [-0.3, -0.25) is 0 Å². The molecule has 1 heterocycles. The number of fused-ring (bicyclic) bond motifs is 1. The Kier molecular flexibility index (Phi) is 2.87. The second-order valence-electron chi connectivity index (χ2n) is 3.87. The zero-order valence-corrected chi connectivity index (χ0v) is 11.0. The minimum absolute atomic E-state index is 1.10. The first-order valence-corrected chi connectivity index (χ1v) is 7.05. The van der Waals surface area contributed by atoms with Gasteiger partial charge in [-0.05, 0) is 36.8 Å². The molecule has 0 unspecified atom stereocenters. The van der Waals surface area contributed by atoms with Crippen LogP contribution in [0.2, 0.25) is 0 Å². The molecule has 0 aliphatic carbocycles. The first-order chi connectivity index (χ1) is 8.31. The average Bonchev–Trinajstić information content (AvgIpc) is 2.71. The second kappa shape index (κ2) is 4.51. The van der Waals surface area contributed by atoms with Crippen LogP contribution in [0.4, 0.5) is 0 Å². The van der Waals surface area contributed by atoms with Gasteiger partial charge in [-0.2, -0.15) is 0 Å². The number of nitrogens with zero attached hydrogens (tertiary/aromatic N) is 1. The summed E-state index contributed by atoms with van der Waals surface area (Å²) < 4.78 is 2.38. The molecule has 0 saturated carbocycles. The predicted molar refractivity (Wildman–Crippen MR) is 74.9 cm³/mol. The summed E-state index contributed by atoms with van der Waals surface area (Å²) >= 11 is 3.48. The highest BCUT2D eigenvalue weighted by molar-refractivity contribution is 8.01. The number of aryl methyl sites for hydroxylation is 1. The zero-order chi connectivity index (χ0) is 11.7. The molecule has 3 aromatic rings. The van der Waals surface area contributed by atoms with Gasteiger partial charge in [-0.25, -0.2) is 4.98 Å². The van der Waals surface area contributed by atoms with E-state index in [0.29, 0.717) is 0 Å². The zero-order valence-electron chi connectivity index (χ0n) is 9.38. The highest BCUT2D eigenvalue weighted by Gasteiger charge is 2.05. The minimum atomic E-state index is 1.10. The first kappa shape index (κ1) is 10.8. The van der Waals surface area contributed by atoms with E-state index >= 15 is 0 Å². The van der Waals surface area contributed by atoms with Gasteiger partial charge < -0.3 is 0 Å². The highest BCUT2D eigenvalue weighted by Crippen LogP contribution is 2.34. The molecule has 0 amide bonds. The molecule has 3 rings (SSSR count). The first-order valence-electron chi connectivity index (χ1n) is 5.41.